The van der Waals surface area contributed by atoms with Crippen LogP contribution < -0.4 is 16.2 Å². The summed E-state index contributed by atoms with van der Waals surface area (Å²) in [5, 5.41) is 14.7. The van der Waals surface area contributed by atoms with Gasteiger partial charge in [0.05, 0.1) is 11.1 Å². The molecule has 0 bridgehead atoms. The van der Waals surface area contributed by atoms with Crippen molar-refractivity contribution in [2.45, 2.75) is 6.10 Å². The van der Waals surface area contributed by atoms with Gasteiger partial charge in [-0.25, -0.2) is 9.18 Å². The Morgan fingerprint density at radius 2 is 2.17 bits per heavy atom. The van der Waals surface area contributed by atoms with E-state index in [-0.39, 0.29) is 28.4 Å². The maximum absolute atomic E-state index is 13.3. The summed E-state index contributed by atoms with van der Waals surface area (Å²) in [4.78, 5) is 23.5. The van der Waals surface area contributed by atoms with Crippen LogP contribution in [0.15, 0.2) is 41.3 Å². The Labute approximate surface area is 136 Å². The van der Waals surface area contributed by atoms with Crippen LogP contribution in [0.1, 0.15) is 11.7 Å². The van der Waals surface area contributed by atoms with Crippen LogP contribution in [-0.4, -0.2) is 22.2 Å². The molecule has 8 heteroatoms. The molecular formula is C15H15ClFN3O3. The highest BCUT2D eigenvalue weighted by molar-refractivity contribution is 6.30. The van der Waals surface area contributed by atoms with Crippen LogP contribution in [0.25, 0.3) is 0 Å². The number of nitrogens with zero attached hydrogens (tertiary/aromatic N) is 1. The fourth-order valence-electron chi connectivity index (χ4n) is 1.89. The van der Waals surface area contributed by atoms with Crippen molar-refractivity contribution in [2.75, 3.05) is 11.9 Å². The van der Waals surface area contributed by atoms with Gasteiger partial charge < -0.3 is 20.3 Å². The molecule has 0 unspecified atom stereocenters. The van der Waals surface area contributed by atoms with Crippen molar-refractivity contribution in [3.8, 4) is 0 Å². The fourth-order valence-corrected chi connectivity index (χ4v) is 2.00. The second kappa shape index (κ2) is 7.26. The number of benzene rings is 1. The monoisotopic (exact) mass is 339 g/mol. The highest BCUT2D eigenvalue weighted by Gasteiger charge is 2.12. The van der Waals surface area contributed by atoms with Gasteiger partial charge in [0, 0.05) is 19.8 Å². The first kappa shape index (κ1) is 17.0. The van der Waals surface area contributed by atoms with Crippen LogP contribution in [0, 0.1) is 5.82 Å². The number of aliphatic hydroxyl groups is 1. The summed E-state index contributed by atoms with van der Waals surface area (Å²) in [5.74, 6) is -0.652. The van der Waals surface area contributed by atoms with E-state index in [1.165, 1.54) is 22.8 Å². The lowest BCUT2D eigenvalue weighted by atomic mass is 10.1. The molecular weight excluding hydrogens is 325 g/mol. The van der Waals surface area contributed by atoms with Gasteiger partial charge in [-0.1, -0.05) is 17.7 Å². The fraction of sp³-hybridized carbons (Fsp3) is 0.200. The first-order valence-electron chi connectivity index (χ1n) is 6.72. The lowest BCUT2D eigenvalue weighted by Crippen LogP contribution is -2.34. The molecule has 0 spiro atoms. The Morgan fingerprint density at radius 3 is 2.87 bits per heavy atom. The van der Waals surface area contributed by atoms with E-state index in [1.54, 1.807) is 19.3 Å². The maximum atomic E-state index is 13.3. The molecule has 0 saturated heterocycles. The van der Waals surface area contributed by atoms with E-state index in [2.05, 4.69) is 10.6 Å². The minimum absolute atomic E-state index is 0.0495. The van der Waals surface area contributed by atoms with Crippen LogP contribution in [0.2, 0.25) is 5.02 Å². The second-order valence-electron chi connectivity index (χ2n) is 4.86. The number of rotatable bonds is 4. The van der Waals surface area contributed by atoms with E-state index >= 15 is 0 Å². The topological polar surface area (TPSA) is 83.4 Å². The molecule has 0 radical (unpaired) electrons. The normalized spacial score (nSPS) is 11.8. The highest BCUT2D eigenvalue weighted by atomic mass is 35.5. The first-order chi connectivity index (χ1) is 10.9. The standard InChI is InChI=1S/C15H15ClFN3O3/c1-20-6-2-3-12(14(20)22)19-15(23)18-8-13(21)9-4-5-10(16)11(17)7-9/h2-7,13,21H,8H2,1H3,(H2,18,19,23)/t13-/m0/s1. The number of urea groups is 1. The van der Waals surface area contributed by atoms with Crippen molar-refractivity contribution < 1.29 is 14.3 Å². The zero-order valence-electron chi connectivity index (χ0n) is 12.2. The number of carbonyl (C=O) groups is 1. The number of hydrogen-bond acceptors (Lipinski definition) is 3. The average Bonchev–Trinajstić information content (AvgIpc) is 2.52. The molecule has 1 aromatic heterocycles. The summed E-state index contributed by atoms with van der Waals surface area (Å²) in [7, 11) is 1.56. The van der Waals surface area contributed by atoms with Crippen LogP contribution in [0.4, 0.5) is 14.9 Å². The Hall–Kier alpha value is -2.38. The van der Waals surface area contributed by atoms with Crippen LogP contribution >= 0.6 is 11.6 Å². The number of halogens is 2. The molecule has 23 heavy (non-hydrogen) atoms. The largest absolute Gasteiger partial charge is 0.387 e. The van der Waals surface area contributed by atoms with Crippen molar-refractivity contribution >= 4 is 23.3 Å². The lowest BCUT2D eigenvalue weighted by molar-refractivity contribution is 0.174. The number of anilines is 1. The molecule has 2 rings (SSSR count). The Bertz CT molecular complexity index is 779. The number of aryl methyl sites for hydroxylation is 1. The van der Waals surface area contributed by atoms with E-state index in [1.807, 2.05) is 0 Å². The summed E-state index contributed by atoms with van der Waals surface area (Å²) in [5.41, 5.74) is 0.0327. The number of nitrogens with one attached hydrogen (secondary N) is 2. The molecule has 1 heterocycles. The van der Waals surface area contributed by atoms with Gasteiger partial charge in [0.2, 0.25) is 0 Å². The van der Waals surface area contributed by atoms with Gasteiger partial charge in [-0.3, -0.25) is 4.79 Å². The number of carbonyl (C=O) groups excluding carboxylic acids is 1. The van der Waals surface area contributed by atoms with Crippen LogP contribution in [0.5, 0.6) is 0 Å². The predicted octanol–water partition coefficient (Wildman–Crippen LogP) is 2.03. The van der Waals surface area contributed by atoms with Gasteiger partial charge in [0.15, 0.2) is 0 Å². The van der Waals surface area contributed by atoms with Gasteiger partial charge in [-0.2, -0.15) is 0 Å². The van der Waals surface area contributed by atoms with Gasteiger partial charge in [0.1, 0.15) is 11.5 Å². The molecule has 1 aromatic carbocycles. The number of hydrogen-bond donors (Lipinski definition) is 3. The zero-order chi connectivity index (χ0) is 17.0. The average molecular weight is 340 g/mol. The molecule has 2 amide bonds. The molecule has 2 aromatic rings. The number of amides is 2. The van der Waals surface area contributed by atoms with Crippen molar-refractivity contribution in [3.05, 3.63) is 63.3 Å². The number of pyridine rings is 1. The summed E-state index contributed by atoms with van der Waals surface area (Å²) in [6, 6.07) is 6.31. The smallest absolute Gasteiger partial charge is 0.319 e. The van der Waals surface area contributed by atoms with Crippen molar-refractivity contribution in [1.29, 1.82) is 0 Å². The molecule has 0 aliphatic rings. The van der Waals surface area contributed by atoms with Gasteiger partial charge >= 0.3 is 6.03 Å². The van der Waals surface area contributed by atoms with E-state index in [0.717, 1.165) is 6.07 Å². The Kier molecular flexibility index (Phi) is 5.36. The third-order valence-electron chi connectivity index (χ3n) is 3.16. The van der Waals surface area contributed by atoms with Crippen molar-refractivity contribution in [2.24, 2.45) is 7.05 Å². The number of aromatic nitrogens is 1. The molecule has 1 atom stereocenters. The first-order valence-corrected chi connectivity index (χ1v) is 7.10. The van der Waals surface area contributed by atoms with Gasteiger partial charge in [-0.15, -0.1) is 0 Å². The highest BCUT2D eigenvalue weighted by Crippen LogP contribution is 2.19. The lowest BCUT2D eigenvalue weighted by Gasteiger charge is -2.13. The SMILES string of the molecule is Cn1cccc(NC(=O)NC[C@H](O)c2ccc(Cl)c(F)c2)c1=O. The third-order valence-corrected chi connectivity index (χ3v) is 3.46. The van der Waals surface area contributed by atoms with Gasteiger partial charge in [-0.05, 0) is 29.8 Å². The summed E-state index contributed by atoms with van der Waals surface area (Å²) < 4.78 is 14.6. The summed E-state index contributed by atoms with van der Waals surface area (Å²) >= 11 is 5.56. The third kappa shape index (κ3) is 4.30. The Morgan fingerprint density at radius 1 is 1.43 bits per heavy atom. The van der Waals surface area contributed by atoms with Crippen molar-refractivity contribution in [3.63, 3.8) is 0 Å². The molecule has 0 aliphatic heterocycles. The van der Waals surface area contributed by atoms with Crippen LogP contribution in [-0.2, 0) is 7.05 Å². The molecule has 3 N–H and O–H groups in total. The summed E-state index contributed by atoms with van der Waals surface area (Å²) in [6.07, 6.45) is 0.454. The molecule has 122 valence electrons. The minimum atomic E-state index is -1.11. The Balaban J connectivity index is 1.94. The zero-order valence-corrected chi connectivity index (χ0v) is 13.0. The van der Waals surface area contributed by atoms with E-state index in [9.17, 15) is 19.1 Å². The molecule has 0 fully saturated rings. The predicted molar refractivity (Wildman–Crippen MR) is 85.1 cm³/mol. The van der Waals surface area contributed by atoms with E-state index in [4.69, 9.17) is 11.6 Å². The van der Waals surface area contributed by atoms with E-state index < -0.39 is 18.0 Å². The number of aliphatic hydroxyl groups excluding tert-OH is 1. The maximum Gasteiger partial charge on any atom is 0.319 e. The molecule has 0 aliphatic carbocycles. The molecule has 0 saturated carbocycles. The van der Waals surface area contributed by atoms with Gasteiger partial charge in [0.25, 0.3) is 5.56 Å². The summed E-state index contributed by atoms with van der Waals surface area (Å²) in [6.45, 7) is -0.153. The van der Waals surface area contributed by atoms with Crippen LogP contribution in [0.3, 0.4) is 0 Å². The second-order valence-corrected chi connectivity index (χ2v) is 5.27. The molecule has 6 nitrogen and oxygen atoms in total. The van der Waals surface area contributed by atoms with E-state index in [0.29, 0.717) is 0 Å². The quantitative estimate of drug-likeness (QED) is 0.797. The minimum Gasteiger partial charge on any atom is -0.387 e. The van der Waals surface area contributed by atoms with Crippen molar-refractivity contribution in [1.82, 2.24) is 9.88 Å².